The smallest absolute Gasteiger partial charge is 0.136 e. The summed E-state index contributed by atoms with van der Waals surface area (Å²) >= 11 is 0. The fourth-order valence-electron chi connectivity index (χ4n) is 2.55. The van der Waals surface area contributed by atoms with E-state index >= 15 is 0 Å². The molecule has 2 heteroatoms. The Hall–Kier alpha value is -1.18. The zero-order valence-electron chi connectivity index (χ0n) is 10.1. The highest BCUT2D eigenvalue weighted by Gasteiger charge is 2.21. The molecule has 1 atom stereocenters. The average Bonchev–Trinajstić information content (AvgIpc) is 2.31. The minimum atomic E-state index is -0.178. The van der Waals surface area contributed by atoms with Crippen LogP contribution in [0.5, 0.6) is 0 Å². The van der Waals surface area contributed by atoms with Crippen LogP contribution in [0.15, 0.2) is 24.3 Å². The number of halogens is 1. The maximum Gasteiger partial charge on any atom is 0.136 e. The molecule has 1 aliphatic carbocycles. The van der Waals surface area contributed by atoms with E-state index in [0.717, 1.165) is 25.7 Å². The molecule has 0 N–H and O–H groups in total. The molecule has 1 saturated carbocycles. The molecule has 0 radical (unpaired) electrons. The highest BCUT2D eigenvalue weighted by molar-refractivity contribution is 5.81. The number of benzene rings is 1. The zero-order chi connectivity index (χ0) is 12.1. The molecular weight excluding hydrogens is 215 g/mol. The van der Waals surface area contributed by atoms with E-state index in [2.05, 4.69) is 0 Å². The zero-order valence-corrected chi connectivity index (χ0v) is 10.1. The summed E-state index contributed by atoms with van der Waals surface area (Å²) in [6, 6.07) is 6.80. The second-order valence-corrected chi connectivity index (χ2v) is 4.91. The molecule has 0 saturated heterocycles. The Kier molecular flexibility index (Phi) is 4.29. The highest BCUT2D eigenvalue weighted by Crippen LogP contribution is 2.23. The number of carbonyl (C=O) groups excluding carboxylic acids is 1. The summed E-state index contributed by atoms with van der Waals surface area (Å²) in [5, 5.41) is 0. The van der Waals surface area contributed by atoms with E-state index in [9.17, 15) is 9.18 Å². The number of hydrogen-bond donors (Lipinski definition) is 0. The monoisotopic (exact) mass is 234 g/mol. The molecule has 0 amide bonds. The lowest BCUT2D eigenvalue weighted by Gasteiger charge is -2.18. The first kappa shape index (κ1) is 12.3. The van der Waals surface area contributed by atoms with Crippen LogP contribution in [0.1, 0.15) is 44.1 Å². The Morgan fingerprint density at radius 3 is 2.71 bits per heavy atom. The fraction of sp³-hybridized carbons (Fsp3) is 0.533. The largest absolute Gasteiger partial charge is 0.299 e. The molecular formula is C15H19FO. The van der Waals surface area contributed by atoms with Crippen LogP contribution < -0.4 is 0 Å². The van der Waals surface area contributed by atoms with Crippen LogP contribution in [-0.2, 0) is 11.2 Å². The van der Waals surface area contributed by atoms with Gasteiger partial charge in [-0.25, -0.2) is 4.39 Å². The fourth-order valence-corrected chi connectivity index (χ4v) is 2.55. The van der Waals surface area contributed by atoms with Crippen molar-refractivity contribution in [1.29, 1.82) is 0 Å². The van der Waals surface area contributed by atoms with Gasteiger partial charge in [0.05, 0.1) is 0 Å². The topological polar surface area (TPSA) is 17.1 Å². The van der Waals surface area contributed by atoms with Crippen LogP contribution in [0.25, 0.3) is 0 Å². The van der Waals surface area contributed by atoms with Crippen LogP contribution in [-0.4, -0.2) is 5.78 Å². The quantitative estimate of drug-likeness (QED) is 0.758. The van der Waals surface area contributed by atoms with Crippen molar-refractivity contribution in [2.75, 3.05) is 0 Å². The molecule has 1 nitrogen and oxygen atoms in total. The molecule has 1 aliphatic rings. The maximum absolute atomic E-state index is 13.5. The maximum atomic E-state index is 13.5. The third kappa shape index (κ3) is 3.39. The van der Waals surface area contributed by atoms with Crippen LogP contribution in [0, 0.1) is 11.7 Å². The van der Waals surface area contributed by atoms with Crippen LogP contribution >= 0.6 is 0 Å². The summed E-state index contributed by atoms with van der Waals surface area (Å²) in [4.78, 5) is 12.0. The van der Waals surface area contributed by atoms with E-state index in [-0.39, 0.29) is 11.7 Å². The van der Waals surface area contributed by atoms with Gasteiger partial charge in [0, 0.05) is 12.3 Å². The van der Waals surface area contributed by atoms with E-state index < -0.39 is 0 Å². The van der Waals surface area contributed by atoms with E-state index in [1.165, 1.54) is 12.5 Å². The SMILES string of the molecule is O=C1CCCCCCC1Cc1ccccc1F. The molecule has 0 aromatic heterocycles. The predicted molar refractivity (Wildman–Crippen MR) is 66.3 cm³/mol. The lowest BCUT2D eigenvalue weighted by atomic mass is 9.85. The van der Waals surface area contributed by atoms with Gasteiger partial charge in [0.1, 0.15) is 11.6 Å². The van der Waals surface area contributed by atoms with Gasteiger partial charge in [0.2, 0.25) is 0 Å². The molecule has 0 bridgehead atoms. The Morgan fingerprint density at radius 1 is 1.12 bits per heavy atom. The lowest BCUT2D eigenvalue weighted by Crippen LogP contribution is -2.19. The number of ketones is 1. The lowest BCUT2D eigenvalue weighted by molar-refractivity contribution is -0.123. The van der Waals surface area contributed by atoms with Crippen molar-refractivity contribution in [3.63, 3.8) is 0 Å². The van der Waals surface area contributed by atoms with Gasteiger partial charge < -0.3 is 0 Å². The van der Waals surface area contributed by atoms with Crippen molar-refractivity contribution in [1.82, 2.24) is 0 Å². The van der Waals surface area contributed by atoms with Gasteiger partial charge in [0.15, 0.2) is 0 Å². The predicted octanol–water partition coefficient (Wildman–Crippen LogP) is 3.91. The molecule has 0 spiro atoms. The van der Waals surface area contributed by atoms with Crippen molar-refractivity contribution in [2.24, 2.45) is 5.92 Å². The number of rotatable bonds is 2. The first-order valence-electron chi connectivity index (χ1n) is 6.53. The van der Waals surface area contributed by atoms with Crippen molar-refractivity contribution in [2.45, 2.75) is 44.9 Å². The van der Waals surface area contributed by atoms with E-state index in [0.29, 0.717) is 24.2 Å². The van der Waals surface area contributed by atoms with Gasteiger partial charge in [-0.15, -0.1) is 0 Å². The summed E-state index contributed by atoms with van der Waals surface area (Å²) < 4.78 is 13.5. The molecule has 1 fully saturated rings. The van der Waals surface area contributed by atoms with E-state index in [1.54, 1.807) is 12.1 Å². The van der Waals surface area contributed by atoms with Crippen molar-refractivity contribution in [3.05, 3.63) is 35.6 Å². The summed E-state index contributed by atoms with van der Waals surface area (Å²) in [5.74, 6) is 0.183. The number of hydrogen-bond acceptors (Lipinski definition) is 1. The summed E-state index contributed by atoms with van der Waals surface area (Å²) in [5.41, 5.74) is 0.687. The summed E-state index contributed by atoms with van der Waals surface area (Å²) in [6.07, 6.45) is 6.66. The van der Waals surface area contributed by atoms with Crippen LogP contribution in [0.4, 0.5) is 4.39 Å². The molecule has 17 heavy (non-hydrogen) atoms. The minimum Gasteiger partial charge on any atom is -0.299 e. The van der Waals surface area contributed by atoms with Gasteiger partial charge in [-0.05, 0) is 30.9 Å². The molecule has 0 aliphatic heterocycles. The van der Waals surface area contributed by atoms with Crippen molar-refractivity contribution in [3.8, 4) is 0 Å². The number of carbonyl (C=O) groups is 1. The van der Waals surface area contributed by atoms with Gasteiger partial charge in [-0.3, -0.25) is 4.79 Å². The van der Waals surface area contributed by atoms with Gasteiger partial charge in [0.25, 0.3) is 0 Å². The van der Waals surface area contributed by atoms with Gasteiger partial charge >= 0.3 is 0 Å². The Labute approximate surface area is 102 Å². The average molecular weight is 234 g/mol. The second kappa shape index (κ2) is 5.95. The first-order chi connectivity index (χ1) is 8.27. The normalized spacial score (nSPS) is 21.9. The number of Topliss-reactive ketones (excluding diaryl/α,β-unsaturated/α-hetero) is 1. The third-order valence-electron chi connectivity index (χ3n) is 3.61. The van der Waals surface area contributed by atoms with Gasteiger partial charge in [-0.2, -0.15) is 0 Å². The third-order valence-corrected chi connectivity index (χ3v) is 3.61. The second-order valence-electron chi connectivity index (χ2n) is 4.91. The van der Waals surface area contributed by atoms with Crippen molar-refractivity contribution >= 4 is 5.78 Å². The molecule has 1 aromatic carbocycles. The van der Waals surface area contributed by atoms with Crippen molar-refractivity contribution < 1.29 is 9.18 Å². The van der Waals surface area contributed by atoms with Gasteiger partial charge in [-0.1, -0.05) is 37.5 Å². The van der Waals surface area contributed by atoms with Crippen LogP contribution in [0.3, 0.4) is 0 Å². The molecule has 0 heterocycles. The first-order valence-corrected chi connectivity index (χ1v) is 6.53. The molecule has 2 rings (SSSR count). The molecule has 1 aromatic rings. The minimum absolute atomic E-state index is 0.0344. The Balaban J connectivity index is 2.05. The van der Waals surface area contributed by atoms with Crippen LogP contribution in [0.2, 0.25) is 0 Å². The molecule has 92 valence electrons. The Bertz CT molecular complexity index is 386. The Morgan fingerprint density at radius 2 is 1.88 bits per heavy atom. The van der Waals surface area contributed by atoms with E-state index in [1.807, 2.05) is 6.07 Å². The standard InChI is InChI=1S/C15H19FO/c16-14-9-6-5-7-12(14)11-13-8-3-1-2-4-10-15(13)17/h5-7,9,13H,1-4,8,10-11H2. The molecule has 1 unspecified atom stereocenters. The van der Waals surface area contributed by atoms with E-state index in [4.69, 9.17) is 0 Å². The highest BCUT2D eigenvalue weighted by atomic mass is 19.1. The summed E-state index contributed by atoms with van der Waals surface area (Å²) in [7, 11) is 0. The summed E-state index contributed by atoms with van der Waals surface area (Å²) in [6.45, 7) is 0.